The number of ether oxygens (including phenoxy) is 1. The van der Waals surface area contributed by atoms with Crippen molar-refractivity contribution in [1.82, 2.24) is 10.6 Å². The minimum atomic E-state index is -0.370. The molecule has 1 heterocycles. The van der Waals surface area contributed by atoms with E-state index in [9.17, 15) is 4.79 Å². The minimum absolute atomic E-state index is 0.167. The van der Waals surface area contributed by atoms with Crippen molar-refractivity contribution in [3.63, 3.8) is 0 Å². The van der Waals surface area contributed by atoms with Crippen LogP contribution in [0.5, 0.6) is 0 Å². The number of nitrogens with two attached hydrogens (primary N) is 1. The molecule has 4 N–H and O–H groups in total. The van der Waals surface area contributed by atoms with E-state index in [0.717, 1.165) is 6.42 Å². The van der Waals surface area contributed by atoms with Gasteiger partial charge in [-0.1, -0.05) is 0 Å². The Bertz CT molecular complexity index is 178. The summed E-state index contributed by atoms with van der Waals surface area (Å²) in [6, 6.07) is -0.167. The molecule has 0 bridgehead atoms. The fourth-order valence-electron chi connectivity index (χ4n) is 1.24. The van der Waals surface area contributed by atoms with Crippen LogP contribution in [0.15, 0.2) is 0 Å². The second kappa shape index (κ2) is 4.43. The van der Waals surface area contributed by atoms with Gasteiger partial charge in [0, 0.05) is 19.7 Å². The van der Waals surface area contributed by atoms with Crippen molar-refractivity contribution in [1.29, 1.82) is 0 Å². The molecule has 1 rings (SSSR count). The van der Waals surface area contributed by atoms with E-state index in [4.69, 9.17) is 10.5 Å². The molecule has 13 heavy (non-hydrogen) atoms. The second-order valence-electron chi connectivity index (χ2n) is 3.38. The molecule has 2 amide bonds. The largest absolute Gasteiger partial charge is 0.379 e. The molecule has 0 aromatic carbocycles. The molecule has 5 heteroatoms. The normalized spacial score (nSPS) is 27.2. The lowest BCUT2D eigenvalue weighted by atomic mass is 10.0. The number of nitrogens with one attached hydrogen (secondary N) is 2. The van der Waals surface area contributed by atoms with E-state index < -0.39 is 0 Å². The minimum Gasteiger partial charge on any atom is -0.379 e. The number of carbonyl (C=O) groups excluding carboxylic acids is 1. The first kappa shape index (κ1) is 10.3. The maximum Gasteiger partial charge on any atom is 0.314 e. The number of urea groups is 1. The van der Waals surface area contributed by atoms with Gasteiger partial charge in [-0.25, -0.2) is 4.79 Å². The molecule has 5 nitrogen and oxygen atoms in total. The van der Waals surface area contributed by atoms with Crippen molar-refractivity contribution < 1.29 is 9.53 Å². The van der Waals surface area contributed by atoms with Gasteiger partial charge >= 0.3 is 6.03 Å². The molecule has 0 radical (unpaired) electrons. The van der Waals surface area contributed by atoms with Crippen LogP contribution in [0.1, 0.15) is 13.3 Å². The Kier molecular flexibility index (Phi) is 3.50. The second-order valence-corrected chi connectivity index (χ2v) is 3.38. The zero-order chi connectivity index (χ0) is 9.73. The lowest BCUT2D eigenvalue weighted by Gasteiger charge is -2.21. The lowest BCUT2D eigenvalue weighted by Crippen LogP contribution is -2.52. The third-order valence-corrected chi connectivity index (χ3v) is 2.07. The van der Waals surface area contributed by atoms with Crippen LogP contribution in [0.3, 0.4) is 0 Å². The number of rotatable bonds is 3. The molecule has 0 spiro atoms. The van der Waals surface area contributed by atoms with Gasteiger partial charge < -0.3 is 21.1 Å². The molecule has 76 valence electrons. The van der Waals surface area contributed by atoms with Crippen molar-refractivity contribution in [2.24, 2.45) is 5.73 Å². The van der Waals surface area contributed by atoms with E-state index in [1.165, 1.54) is 0 Å². The van der Waals surface area contributed by atoms with Crippen molar-refractivity contribution in [2.45, 2.75) is 18.9 Å². The van der Waals surface area contributed by atoms with E-state index in [0.29, 0.717) is 26.3 Å². The molecule has 1 atom stereocenters. The van der Waals surface area contributed by atoms with Gasteiger partial charge in [-0.2, -0.15) is 0 Å². The quantitative estimate of drug-likeness (QED) is 0.553. The maximum atomic E-state index is 11.0. The highest BCUT2D eigenvalue weighted by Gasteiger charge is 2.30. The van der Waals surface area contributed by atoms with E-state index in [1.807, 2.05) is 6.92 Å². The Balaban J connectivity index is 2.21. The monoisotopic (exact) mass is 187 g/mol. The molecule has 1 saturated heterocycles. The van der Waals surface area contributed by atoms with Crippen LogP contribution in [-0.2, 0) is 4.74 Å². The van der Waals surface area contributed by atoms with Gasteiger partial charge in [0.25, 0.3) is 0 Å². The highest BCUT2D eigenvalue weighted by Crippen LogP contribution is 2.13. The van der Waals surface area contributed by atoms with Gasteiger partial charge in [-0.05, 0) is 13.3 Å². The van der Waals surface area contributed by atoms with Gasteiger partial charge in [0.05, 0.1) is 12.1 Å². The van der Waals surface area contributed by atoms with E-state index in [-0.39, 0.29) is 11.6 Å². The zero-order valence-electron chi connectivity index (χ0n) is 7.93. The molecule has 0 saturated carbocycles. The molecule has 0 aromatic heterocycles. The van der Waals surface area contributed by atoms with Crippen molar-refractivity contribution in [3.8, 4) is 0 Å². The number of hydrogen-bond donors (Lipinski definition) is 3. The molecule has 1 aliphatic heterocycles. The fraction of sp³-hybridized carbons (Fsp3) is 0.875. The van der Waals surface area contributed by atoms with Gasteiger partial charge in [-0.15, -0.1) is 0 Å². The van der Waals surface area contributed by atoms with Crippen molar-refractivity contribution in [3.05, 3.63) is 0 Å². The first-order valence-corrected chi connectivity index (χ1v) is 4.55. The molecular formula is C8H17N3O2. The van der Waals surface area contributed by atoms with E-state index >= 15 is 0 Å². The Morgan fingerprint density at radius 1 is 1.62 bits per heavy atom. The van der Waals surface area contributed by atoms with Crippen LogP contribution in [0.4, 0.5) is 4.79 Å². The van der Waals surface area contributed by atoms with Gasteiger partial charge in [0.15, 0.2) is 0 Å². The molecule has 1 aliphatic rings. The summed E-state index contributed by atoms with van der Waals surface area (Å²) in [6.45, 7) is 4.18. The van der Waals surface area contributed by atoms with Crippen LogP contribution in [0.25, 0.3) is 0 Å². The standard InChI is InChI=1S/C8H17N3O2/c1-2-10-7(12)11-5-8(9)3-4-13-6-8/h2-6,9H2,1H3,(H2,10,11,12). The van der Waals surface area contributed by atoms with Crippen LogP contribution in [0.2, 0.25) is 0 Å². The van der Waals surface area contributed by atoms with Gasteiger partial charge in [0.2, 0.25) is 0 Å². The molecular weight excluding hydrogens is 170 g/mol. The highest BCUT2D eigenvalue weighted by molar-refractivity contribution is 5.73. The highest BCUT2D eigenvalue weighted by atomic mass is 16.5. The van der Waals surface area contributed by atoms with E-state index in [2.05, 4.69) is 10.6 Å². The third kappa shape index (κ3) is 3.20. The number of carbonyl (C=O) groups is 1. The molecule has 0 aromatic rings. The summed E-state index contributed by atoms with van der Waals surface area (Å²) in [5.74, 6) is 0. The fourth-order valence-corrected chi connectivity index (χ4v) is 1.24. The smallest absolute Gasteiger partial charge is 0.314 e. The lowest BCUT2D eigenvalue weighted by molar-refractivity contribution is 0.177. The van der Waals surface area contributed by atoms with Gasteiger partial charge in [0.1, 0.15) is 0 Å². The Morgan fingerprint density at radius 3 is 2.92 bits per heavy atom. The Hall–Kier alpha value is -0.810. The number of amides is 2. The zero-order valence-corrected chi connectivity index (χ0v) is 7.93. The predicted molar refractivity (Wildman–Crippen MR) is 49.4 cm³/mol. The van der Waals surface area contributed by atoms with Crippen LogP contribution in [-0.4, -0.2) is 37.9 Å². The Labute approximate surface area is 78.0 Å². The molecule has 0 aliphatic carbocycles. The van der Waals surface area contributed by atoms with Crippen LogP contribution < -0.4 is 16.4 Å². The summed E-state index contributed by atoms with van der Waals surface area (Å²) < 4.78 is 5.16. The summed E-state index contributed by atoms with van der Waals surface area (Å²) in [6.07, 6.45) is 0.805. The SMILES string of the molecule is CCNC(=O)NCC1(N)CCOC1. The molecule has 1 unspecified atom stereocenters. The molecule has 1 fully saturated rings. The van der Waals surface area contributed by atoms with Crippen molar-refractivity contribution in [2.75, 3.05) is 26.3 Å². The maximum absolute atomic E-state index is 11.0. The average molecular weight is 187 g/mol. The first-order chi connectivity index (χ1) is 6.16. The predicted octanol–water partition coefficient (Wildman–Crippen LogP) is -0.577. The average Bonchev–Trinajstić information content (AvgIpc) is 2.51. The van der Waals surface area contributed by atoms with Crippen molar-refractivity contribution >= 4 is 6.03 Å². The van der Waals surface area contributed by atoms with Crippen LogP contribution in [0, 0.1) is 0 Å². The third-order valence-electron chi connectivity index (χ3n) is 2.07. The van der Waals surface area contributed by atoms with Gasteiger partial charge in [-0.3, -0.25) is 0 Å². The summed E-state index contributed by atoms with van der Waals surface area (Å²) in [5.41, 5.74) is 5.57. The summed E-state index contributed by atoms with van der Waals surface area (Å²) >= 11 is 0. The van der Waals surface area contributed by atoms with E-state index in [1.54, 1.807) is 0 Å². The Morgan fingerprint density at radius 2 is 2.38 bits per heavy atom. The van der Waals surface area contributed by atoms with Crippen LogP contribution >= 0.6 is 0 Å². The first-order valence-electron chi connectivity index (χ1n) is 4.55. The topological polar surface area (TPSA) is 76.4 Å². The summed E-state index contributed by atoms with van der Waals surface area (Å²) in [4.78, 5) is 11.0. The summed E-state index contributed by atoms with van der Waals surface area (Å²) in [5, 5.41) is 5.35. The summed E-state index contributed by atoms with van der Waals surface area (Å²) in [7, 11) is 0. The number of hydrogen-bond acceptors (Lipinski definition) is 3.